The summed E-state index contributed by atoms with van der Waals surface area (Å²) in [7, 11) is 0. The van der Waals surface area contributed by atoms with Crippen LogP contribution in [0.25, 0.3) is 21.7 Å². The van der Waals surface area contributed by atoms with Crippen LogP contribution in [-0.2, 0) is 54.5 Å². The molecule has 0 radical (unpaired) electrons. The number of aliphatic hydroxyl groups excluding tert-OH is 1. The molecule has 0 saturated carbocycles. The summed E-state index contributed by atoms with van der Waals surface area (Å²) in [6.45, 7) is 1.51. The number of carbonyl (C=O) groups excluding carboxylic acids is 6. The molecule has 1 aromatic heterocycles. The molecule has 5 aromatic carbocycles. The van der Waals surface area contributed by atoms with Crippen LogP contribution in [-0.4, -0.2) is 104 Å². The highest BCUT2D eigenvalue weighted by Crippen LogP contribution is 2.24. The molecule has 0 spiro atoms. The molecule has 0 bridgehead atoms. The molecule has 2 fully saturated rings. The van der Waals surface area contributed by atoms with Gasteiger partial charge in [0, 0.05) is 49.3 Å². The first kappa shape index (κ1) is 45.1. The van der Waals surface area contributed by atoms with Crippen LogP contribution in [0.1, 0.15) is 42.0 Å². The highest BCUT2D eigenvalue weighted by Gasteiger charge is 2.41. The monoisotopic (exact) mass is 891 g/mol. The van der Waals surface area contributed by atoms with Gasteiger partial charge in [0.05, 0.1) is 6.10 Å². The van der Waals surface area contributed by atoms with Crippen molar-refractivity contribution in [1.29, 1.82) is 0 Å². The number of aromatic nitrogens is 1. The standard InChI is InChI=1S/C51H53N7O8/c1-30(59)45-50(65)56-43(26-31-11-3-2-4-12-31)51(66)58-24-10-19-44(58)49(64)55-41(27-34-15-9-14-33-13-5-6-16-37(33)34)46(61)54-42(28-35-29-52-39-18-8-7-17-38(35)39)47(62)53-40(48(63)57-45)25-32-20-22-36(60)23-21-32/h2-9,11-18,20-23,29-30,40-45,52,59-60H,10,19,24-28H2,1H3,(H,53,62)(H,54,61)(H,55,64)(H,56,65)(H,57,63)/t30-,40+,41+,42-,43+,44+,45+/m1/s1. The summed E-state index contributed by atoms with van der Waals surface area (Å²) < 4.78 is 0. The van der Waals surface area contributed by atoms with Gasteiger partial charge in [0.15, 0.2) is 0 Å². The van der Waals surface area contributed by atoms with Crippen molar-refractivity contribution in [2.75, 3.05) is 6.54 Å². The maximum Gasteiger partial charge on any atom is 0.246 e. The van der Waals surface area contributed by atoms with E-state index in [1.807, 2.05) is 72.8 Å². The molecule has 0 unspecified atom stereocenters. The van der Waals surface area contributed by atoms with Gasteiger partial charge in [-0.1, -0.05) is 103 Å². The SMILES string of the molecule is C[C@@H](O)[C@@H]1NC(=O)[C@H](Cc2ccc(O)cc2)NC(=O)[C@@H](Cc2c[nH]c3ccccc23)NC(=O)[C@H](Cc2cccc3ccccc23)NC(=O)[C@@H]2CCCN2C(=O)[C@H](Cc2ccccc2)NC1=O. The molecule has 2 aliphatic heterocycles. The highest BCUT2D eigenvalue weighted by molar-refractivity contribution is 5.99. The fourth-order valence-electron chi connectivity index (χ4n) is 8.99. The third kappa shape index (κ3) is 10.4. The summed E-state index contributed by atoms with van der Waals surface area (Å²) >= 11 is 0. The predicted octanol–water partition coefficient (Wildman–Crippen LogP) is 3.11. The number of aromatic hydroxyl groups is 1. The smallest absolute Gasteiger partial charge is 0.246 e. The molecule has 15 heteroatoms. The maximum atomic E-state index is 14.9. The van der Waals surface area contributed by atoms with Crippen LogP contribution in [0.3, 0.4) is 0 Å². The maximum absolute atomic E-state index is 14.9. The molecule has 7 atom stereocenters. The molecule has 2 aliphatic rings. The average molecular weight is 892 g/mol. The number of amides is 6. The van der Waals surface area contributed by atoms with Crippen LogP contribution in [0.2, 0.25) is 0 Å². The summed E-state index contributed by atoms with van der Waals surface area (Å²) in [6, 6.07) is 28.1. The second kappa shape index (κ2) is 20.1. The third-order valence-corrected chi connectivity index (χ3v) is 12.5. The van der Waals surface area contributed by atoms with Crippen LogP contribution in [0, 0.1) is 0 Å². The number of nitrogens with zero attached hydrogens (tertiary/aromatic N) is 1. The molecular formula is C51H53N7O8. The van der Waals surface area contributed by atoms with E-state index in [-0.39, 0.29) is 44.4 Å². The number of para-hydroxylation sites is 1. The number of nitrogens with one attached hydrogen (secondary N) is 6. The highest BCUT2D eigenvalue weighted by atomic mass is 16.3. The Balaban J connectivity index is 1.21. The van der Waals surface area contributed by atoms with E-state index < -0.39 is 77.8 Å². The first-order chi connectivity index (χ1) is 31.9. The Morgan fingerprint density at radius 1 is 0.561 bits per heavy atom. The molecule has 6 amide bonds. The Morgan fingerprint density at radius 3 is 1.85 bits per heavy atom. The van der Waals surface area contributed by atoms with E-state index in [2.05, 4.69) is 31.6 Å². The summed E-state index contributed by atoms with van der Waals surface area (Å²) in [5.74, 6) is -4.24. The molecular weight excluding hydrogens is 839 g/mol. The zero-order valence-corrected chi connectivity index (χ0v) is 36.4. The van der Waals surface area contributed by atoms with Crippen LogP contribution in [0.4, 0.5) is 0 Å². The van der Waals surface area contributed by atoms with Gasteiger partial charge < -0.3 is 46.7 Å². The van der Waals surface area contributed by atoms with Crippen LogP contribution in [0.5, 0.6) is 5.75 Å². The molecule has 66 heavy (non-hydrogen) atoms. The van der Waals surface area contributed by atoms with Crippen molar-refractivity contribution in [3.8, 4) is 5.75 Å². The lowest BCUT2D eigenvalue weighted by Crippen LogP contribution is -2.63. The van der Waals surface area contributed by atoms with Crippen LogP contribution < -0.4 is 26.6 Å². The van der Waals surface area contributed by atoms with Crippen molar-refractivity contribution in [3.05, 3.63) is 150 Å². The minimum atomic E-state index is -1.59. The minimum Gasteiger partial charge on any atom is -0.508 e. The number of H-pyrrole nitrogens is 1. The van der Waals surface area contributed by atoms with E-state index >= 15 is 0 Å². The summed E-state index contributed by atoms with van der Waals surface area (Å²) in [5, 5.41) is 37.7. The summed E-state index contributed by atoms with van der Waals surface area (Å²) in [6.07, 6.45) is 0.940. The topological polar surface area (TPSA) is 222 Å². The zero-order chi connectivity index (χ0) is 46.3. The number of hydrogen-bond donors (Lipinski definition) is 8. The number of carbonyl (C=O) groups is 6. The fourth-order valence-corrected chi connectivity index (χ4v) is 8.99. The molecule has 3 heterocycles. The second-order valence-electron chi connectivity index (χ2n) is 17.1. The van der Waals surface area contributed by atoms with E-state index in [0.29, 0.717) is 23.1 Å². The van der Waals surface area contributed by atoms with Gasteiger partial charge in [-0.25, -0.2) is 0 Å². The second-order valence-corrected chi connectivity index (χ2v) is 17.1. The quantitative estimate of drug-likeness (QED) is 0.108. The zero-order valence-electron chi connectivity index (χ0n) is 36.4. The normalized spacial score (nSPS) is 22.9. The van der Waals surface area contributed by atoms with E-state index in [9.17, 15) is 39.0 Å². The fraction of sp³-hybridized carbons (Fsp3) is 0.294. The first-order valence-electron chi connectivity index (χ1n) is 22.3. The molecule has 2 saturated heterocycles. The van der Waals surface area contributed by atoms with Crippen LogP contribution in [0.15, 0.2) is 128 Å². The van der Waals surface area contributed by atoms with Gasteiger partial charge in [-0.05, 0) is 71.0 Å². The van der Waals surface area contributed by atoms with Crippen molar-refractivity contribution in [2.24, 2.45) is 0 Å². The van der Waals surface area contributed by atoms with Crippen molar-refractivity contribution in [1.82, 2.24) is 36.5 Å². The lowest BCUT2D eigenvalue weighted by molar-refractivity contribution is -0.143. The third-order valence-electron chi connectivity index (χ3n) is 12.5. The average Bonchev–Trinajstić information content (AvgIpc) is 3.98. The number of rotatable bonds is 9. The van der Waals surface area contributed by atoms with Crippen molar-refractivity contribution < 1.29 is 39.0 Å². The van der Waals surface area contributed by atoms with E-state index in [4.69, 9.17) is 0 Å². The van der Waals surface area contributed by atoms with Gasteiger partial charge in [-0.3, -0.25) is 28.8 Å². The lowest BCUT2D eigenvalue weighted by atomic mass is 9.97. The van der Waals surface area contributed by atoms with Gasteiger partial charge in [-0.2, -0.15) is 0 Å². The van der Waals surface area contributed by atoms with Gasteiger partial charge in [-0.15, -0.1) is 0 Å². The Kier molecular flexibility index (Phi) is 13.7. The number of fused-ring (bicyclic) bond motifs is 3. The molecule has 8 rings (SSSR count). The van der Waals surface area contributed by atoms with E-state index in [1.165, 1.54) is 24.0 Å². The van der Waals surface area contributed by atoms with Crippen molar-refractivity contribution >= 4 is 57.1 Å². The van der Waals surface area contributed by atoms with Crippen molar-refractivity contribution in [2.45, 2.75) is 87.8 Å². The van der Waals surface area contributed by atoms with Gasteiger partial charge >= 0.3 is 0 Å². The van der Waals surface area contributed by atoms with Gasteiger partial charge in [0.25, 0.3) is 0 Å². The van der Waals surface area contributed by atoms with E-state index in [0.717, 1.165) is 27.2 Å². The number of phenolic OH excluding ortho intramolecular Hbond substituents is 1. The molecule has 15 nitrogen and oxygen atoms in total. The first-order valence-corrected chi connectivity index (χ1v) is 22.3. The van der Waals surface area contributed by atoms with E-state index in [1.54, 1.807) is 42.6 Å². The largest absolute Gasteiger partial charge is 0.508 e. The van der Waals surface area contributed by atoms with Crippen LogP contribution >= 0.6 is 0 Å². The lowest BCUT2D eigenvalue weighted by Gasteiger charge is -2.32. The predicted molar refractivity (Wildman–Crippen MR) is 248 cm³/mol. The van der Waals surface area contributed by atoms with Crippen molar-refractivity contribution in [3.63, 3.8) is 0 Å². The molecule has 8 N–H and O–H groups in total. The number of aliphatic hydroxyl groups is 1. The van der Waals surface area contributed by atoms with Gasteiger partial charge in [0.2, 0.25) is 35.4 Å². The summed E-state index contributed by atoms with van der Waals surface area (Å²) in [5.41, 5.74) is 3.50. The number of aromatic amines is 1. The Bertz CT molecular complexity index is 2730. The number of hydrogen-bond acceptors (Lipinski definition) is 8. The molecule has 6 aromatic rings. The summed E-state index contributed by atoms with van der Waals surface area (Å²) in [4.78, 5) is 92.3. The Labute approximate surface area is 381 Å². The number of phenols is 1. The Morgan fingerprint density at radius 2 is 1.12 bits per heavy atom. The number of benzene rings is 5. The molecule has 340 valence electrons. The Hall–Kier alpha value is -7.52. The molecule has 0 aliphatic carbocycles. The van der Waals surface area contributed by atoms with Gasteiger partial charge in [0.1, 0.15) is 42.0 Å². The minimum absolute atomic E-state index is 0.0192.